The van der Waals surface area contributed by atoms with Crippen molar-refractivity contribution in [3.8, 4) is 0 Å². The molecule has 26 heavy (non-hydrogen) atoms. The van der Waals surface area contributed by atoms with Gasteiger partial charge in [0.15, 0.2) is 0 Å². The van der Waals surface area contributed by atoms with Crippen LogP contribution in [0.25, 0.3) is 0 Å². The van der Waals surface area contributed by atoms with Gasteiger partial charge in [-0.3, -0.25) is 14.3 Å². The van der Waals surface area contributed by atoms with E-state index in [1.807, 2.05) is 22.9 Å². The summed E-state index contributed by atoms with van der Waals surface area (Å²) < 4.78 is 7.76. The van der Waals surface area contributed by atoms with E-state index in [4.69, 9.17) is 4.74 Å². The second-order valence-electron chi connectivity index (χ2n) is 6.74. The SMILES string of the molecule is O=C1CC[C@@H](C(=O)NC[C@H]2OCCc3cn(Cc4ccccc4)nc32)N1. The van der Waals surface area contributed by atoms with Crippen LogP contribution in [0, 0.1) is 0 Å². The van der Waals surface area contributed by atoms with E-state index in [0.717, 1.165) is 12.1 Å². The molecule has 0 aliphatic carbocycles. The molecule has 0 spiro atoms. The predicted octanol–water partition coefficient (Wildman–Crippen LogP) is 0.940. The lowest BCUT2D eigenvalue weighted by molar-refractivity contribution is -0.126. The third-order valence-corrected chi connectivity index (χ3v) is 4.83. The molecule has 7 nitrogen and oxygen atoms in total. The average Bonchev–Trinajstić information content (AvgIpc) is 3.26. The van der Waals surface area contributed by atoms with E-state index in [2.05, 4.69) is 34.1 Å². The zero-order chi connectivity index (χ0) is 17.9. The van der Waals surface area contributed by atoms with E-state index in [1.165, 1.54) is 11.1 Å². The molecule has 4 rings (SSSR count). The second kappa shape index (κ2) is 7.29. The number of nitrogens with zero attached hydrogens (tertiary/aromatic N) is 2. The first-order chi connectivity index (χ1) is 12.7. The van der Waals surface area contributed by atoms with E-state index in [9.17, 15) is 9.59 Å². The van der Waals surface area contributed by atoms with Gasteiger partial charge in [0.25, 0.3) is 0 Å². The van der Waals surface area contributed by atoms with Gasteiger partial charge in [0.2, 0.25) is 11.8 Å². The van der Waals surface area contributed by atoms with Crippen LogP contribution in [0.5, 0.6) is 0 Å². The summed E-state index contributed by atoms with van der Waals surface area (Å²) in [5, 5.41) is 10.3. The zero-order valence-corrected chi connectivity index (χ0v) is 14.5. The van der Waals surface area contributed by atoms with Crippen molar-refractivity contribution in [2.24, 2.45) is 0 Å². The van der Waals surface area contributed by atoms with Crippen LogP contribution in [0.3, 0.4) is 0 Å². The molecule has 0 bridgehead atoms. The van der Waals surface area contributed by atoms with Crippen molar-refractivity contribution in [2.45, 2.75) is 38.0 Å². The van der Waals surface area contributed by atoms with Gasteiger partial charge in [-0.2, -0.15) is 5.10 Å². The molecule has 2 N–H and O–H groups in total. The largest absolute Gasteiger partial charge is 0.370 e. The molecule has 7 heteroatoms. The Balaban J connectivity index is 1.40. The molecule has 1 fully saturated rings. The lowest BCUT2D eigenvalue weighted by Crippen LogP contribution is -2.43. The van der Waals surface area contributed by atoms with Crippen LogP contribution in [0.15, 0.2) is 36.5 Å². The molecule has 1 saturated heterocycles. The highest BCUT2D eigenvalue weighted by molar-refractivity contribution is 5.90. The lowest BCUT2D eigenvalue weighted by atomic mass is 10.1. The summed E-state index contributed by atoms with van der Waals surface area (Å²) in [6, 6.07) is 9.75. The minimum Gasteiger partial charge on any atom is -0.370 e. The molecule has 0 saturated carbocycles. The average molecular weight is 354 g/mol. The molecule has 1 aromatic heterocycles. The van der Waals surface area contributed by atoms with Gasteiger partial charge in [-0.15, -0.1) is 0 Å². The van der Waals surface area contributed by atoms with E-state index >= 15 is 0 Å². The maximum atomic E-state index is 12.2. The Morgan fingerprint density at radius 1 is 1.31 bits per heavy atom. The Labute approximate surface area is 151 Å². The summed E-state index contributed by atoms with van der Waals surface area (Å²) in [6.45, 7) is 1.69. The van der Waals surface area contributed by atoms with E-state index in [0.29, 0.717) is 32.5 Å². The van der Waals surface area contributed by atoms with Crippen LogP contribution in [0.1, 0.15) is 35.8 Å². The highest BCUT2D eigenvalue weighted by Crippen LogP contribution is 2.25. The number of amides is 2. The third-order valence-electron chi connectivity index (χ3n) is 4.83. The van der Waals surface area contributed by atoms with Gasteiger partial charge >= 0.3 is 0 Å². The van der Waals surface area contributed by atoms with Crippen molar-refractivity contribution in [2.75, 3.05) is 13.2 Å². The molecule has 2 aliphatic rings. The summed E-state index contributed by atoms with van der Waals surface area (Å²) in [5.41, 5.74) is 3.25. The Kier molecular flexibility index (Phi) is 4.71. The molecule has 2 amide bonds. The summed E-state index contributed by atoms with van der Waals surface area (Å²) in [6.07, 6.45) is 3.60. The number of hydrogen-bond donors (Lipinski definition) is 2. The standard InChI is InChI=1S/C19H22N4O3/c24-17-7-6-15(21-17)19(25)20-10-16-18-14(8-9-26-16)12-23(22-18)11-13-4-2-1-3-5-13/h1-5,12,15-16H,6-11H2,(H,20,25)(H,21,24)/t15-,16+/m0/s1. The molecule has 2 aliphatic heterocycles. The van der Waals surface area contributed by atoms with E-state index in [-0.39, 0.29) is 17.9 Å². The van der Waals surface area contributed by atoms with Gasteiger partial charge in [0.05, 0.1) is 18.8 Å². The first-order valence-corrected chi connectivity index (χ1v) is 8.98. The topological polar surface area (TPSA) is 85.2 Å². The quantitative estimate of drug-likeness (QED) is 0.837. The molecular formula is C19H22N4O3. The van der Waals surface area contributed by atoms with Gasteiger partial charge in [-0.1, -0.05) is 30.3 Å². The number of rotatable bonds is 5. The van der Waals surface area contributed by atoms with Gasteiger partial charge in [0, 0.05) is 19.2 Å². The predicted molar refractivity (Wildman–Crippen MR) is 94.3 cm³/mol. The molecule has 3 heterocycles. The molecule has 136 valence electrons. The van der Waals surface area contributed by atoms with Crippen LogP contribution < -0.4 is 10.6 Å². The smallest absolute Gasteiger partial charge is 0.242 e. The second-order valence-corrected chi connectivity index (χ2v) is 6.74. The highest BCUT2D eigenvalue weighted by atomic mass is 16.5. The summed E-state index contributed by atoms with van der Waals surface area (Å²) in [7, 11) is 0. The summed E-state index contributed by atoms with van der Waals surface area (Å²) in [4.78, 5) is 23.4. The fourth-order valence-electron chi connectivity index (χ4n) is 3.47. The van der Waals surface area contributed by atoms with Crippen molar-refractivity contribution in [3.05, 3.63) is 53.3 Å². The van der Waals surface area contributed by atoms with Crippen LogP contribution in [0.2, 0.25) is 0 Å². The van der Waals surface area contributed by atoms with Crippen molar-refractivity contribution in [1.29, 1.82) is 0 Å². The van der Waals surface area contributed by atoms with Crippen molar-refractivity contribution < 1.29 is 14.3 Å². The van der Waals surface area contributed by atoms with Gasteiger partial charge in [0.1, 0.15) is 12.1 Å². The zero-order valence-electron chi connectivity index (χ0n) is 14.5. The Bertz CT molecular complexity index is 802. The molecule has 0 radical (unpaired) electrons. The maximum absolute atomic E-state index is 12.2. The normalized spacial score (nSPS) is 21.9. The Hall–Kier alpha value is -2.67. The molecule has 0 unspecified atom stereocenters. The van der Waals surface area contributed by atoms with E-state index < -0.39 is 6.04 Å². The maximum Gasteiger partial charge on any atom is 0.242 e. The van der Waals surface area contributed by atoms with Gasteiger partial charge in [-0.05, 0) is 24.0 Å². The number of aromatic nitrogens is 2. The van der Waals surface area contributed by atoms with Crippen molar-refractivity contribution >= 4 is 11.8 Å². The number of nitrogens with one attached hydrogen (secondary N) is 2. The molecular weight excluding hydrogens is 332 g/mol. The molecule has 2 aromatic rings. The van der Waals surface area contributed by atoms with Crippen molar-refractivity contribution in [1.82, 2.24) is 20.4 Å². The number of carbonyl (C=O) groups is 2. The fraction of sp³-hybridized carbons (Fsp3) is 0.421. The number of carbonyl (C=O) groups excluding carboxylic acids is 2. The number of ether oxygens (including phenoxy) is 1. The lowest BCUT2D eigenvalue weighted by Gasteiger charge is -2.23. The number of hydrogen-bond acceptors (Lipinski definition) is 4. The molecule has 1 aromatic carbocycles. The van der Waals surface area contributed by atoms with Crippen LogP contribution in [0.4, 0.5) is 0 Å². The van der Waals surface area contributed by atoms with Gasteiger partial charge < -0.3 is 15.4 Å². The monoisotopic (exact) mass is 354 g/mol. The minimum absolute atomic E-state index is 0.0685. The van der Waals surface area contributed by atoms with Crippen LogP contribution in [-0.4, -0.2) is 40.8 Å². The minimum atomic E-state index is -0.429. The Morgan fingerprint density at radius 3 is 2.92 bits per heavy atom. The number of fused-ring (bicyclic) bond motifs is 1. The van der Waals surface area contributed by atoms with Crippen LogP contribution >= 0.6 is 0 Å². The van der Waals surface area contributed by atoms with Gasteiger partial charge in [-0.25, -0.2) is 0 Å². The van der Waals surface area contributed by atoms with E-state index in [1.54, 1.807) is 0 Å². The van der Waals surface area contributed by atoms with Crippen LogP contribution in [-0.2, 0) is 27.3 Å². The first-order valence-electron chi connectivity index (χ1n) is 8.98. The third kappa shape index (κ3) is 3.62. The fourth-order valence-corrected chi connectivity index (χ4v) is 3.47. The summed E-state index contributed by atoms with van der Waals surface area (Å²) in [5.74, 6) is -0.226. The molecule has 2 atom stereocenters. The van der Waals surface area contributed by atoms with Crippen molar-refractivity contribution in [3.63, 3.8) is 0 Å². The summed E-state index contributed by atoms with van der Waals surface area (Å²) >= 11 is 0. The first kappa shape index (κ1) is 16.8. The Morgan fingerprint density at radius 2 is 2.15 bits per heavy atom. The highest BCUT2D eigenvalue weighted by Gasteiger charge is 2.29. The number of benzene rings is 1.